The van der Waals surface area contributed by atoms with Crippen LogP contribution in [0.2, 0.25) is 0 Å². The van der Waals surface area contributed by atoms with Crippen LogP contribution in [0.25, 0.3) is 11.1 Å². The van der Waals surface area contributed by atoms with E-state index in [-0.39, 0.29) is 30.3 Å². The van der Waals surface area contributed by atoms with Gasteiger partial charge in [0.25, 0.3) is 0 Å². The number of carbonyl (C=O) groups excluding carboxylic acids is 2. The van der Waals surface area contributed by atoms with Gasteiger partial charge in [-0.15, -0.1) is 11.3 Å². The maximum Gasteiger partial charge on any atom is 0.387 e. The van der Waals surface area contributed by atoms with Crippen LogP contribution in [0, 0.1) is 6.92 Å². The Morgan fingerprint density at radius 3 is 2.39 bits per heavy atom. The number of halogens is 2. The second kappa shape index (κ2) is 10.2. The summed E-state index contributed by atoms with van der Waals surface area (Å²) in [6, 6.07) is 14.8. The van der Waals surface area contributed by atoms with E-state index < -0.39 is 6.61 Å². The van der Waals surface area contributed by atoms with Gasteiger partial charge in [0, 0.05) is 29.0 Å². The Morgan fingerprint density at radius 2 is 1.77 bits per heavy atom. The lowest BCUT2D eigenvalue weighted by atomic mass is 10.0. The minimum absolute atomic E-state index is 0.0126. The third-order valence-electron chi connectivity index (χ3n) is 4.47. The van der Waals surface area contributed by atoms with E-state index in [1.165, 1.54) is 30.6 Å². The van der Waals surface area contributed by atoms with E-state index in [0.29, 0.717) is 27.4 Å². The van der Waals surface area contributed by atoms with E-state index in [1.54, 1.807) is 36.4 Å². The van der Waals surface area contributed by atoms with Gasteiger partial charge in [0.05, 0.1) is 12.0 Å². The molecule has 3 aromatic rings. The summed E-state index contributed by atoms with van der Waals surface area (Å²) < 4.78 is 35.4. The highest BCUT2D eigenvalue weighted by Crippen LogP contribution is 2.34. The zero-order valence-corrected chi connectivity index (χ0v) is 17.8. The SMILES string of the molecule is COc1ccc(-c2cc(NC(=O)CCC(=O)c3ccc(C)s3)ccc2OC(F)F)cc1. The zero-order valence-electron chi connectivity index (χ0n) is 17.0. The molecule has 0 bridgehead atoms. The first-order valence-corrected chi connectivity index (χ1v) is 10.3. The molecule has 0 aliphatic carbocycles. The maximum atomic E-state index is 12.8. The molecule has 5 nitrogen and oxygen atoms in total. The smallest absolute Gasteiger partial charge is 0.387 e. The largest absolute Gasteiger partial charge is 0.497 e. The number of ether oxygens (including phenoxy) is 2. The molecule has 162 valence electrons. The molecule has 0 radical (unpaired) electrons. The summed E-state index contributed by atoms with van der Waals surface area (Å²) in [4.78, 5) is 26.2. The van der Waals surface area contributed by atoms with E-state index in [4.69, 9.17) is 4.74 Å². The summed E-state index contributed by atoms with van der Waals surface area (Å²) in [5.41, 5.74) is 1.43. The zero-order chi connectivity index (χ0) is 22.4. The van der Waals surface area contributed by atoms with E-state index in [9.17, 15) is 18.4 Å². The quantitative estimate of drug-likeness (QED) is 0.414. The van der Waals surface area contributed by atoms with Crippen LogP contribution in [-0.4, -0.2) is 25.4 Å². The van der Waals surface area contributed by atoms with Crippen molar-refractivity contribution in [3.05, 3.63) is 64.4 Å². The van der Waals surface area contributed by atoms with E-state index >= 15 is 0 Å². The molecule has 1 N–H and O–H groups in total. The van der Waals surface area contributed by atoms with Gasteiger partial charge in [-0.2, -0.15) is 8.78 Å². The summed E-state index contributed by atoms with van der Waals surface area (Å²) in [7, 11) is 1.53. The first kappa shape index (κ1) is 22.4. The van der Waals surface area contributed by atoms with Crippen molar-refractivity contribution in [3.8, 4) is 22.6 Å². The molecule has 1 heterocycles. The molecule has 0 unspecified atom stereocenters. The molecular formula is C23H21F2NO4S. The standard InChI is InChI=1S/C23H21F2NO4S/c1-14-3-11-21(31-14)19(27)9-12-22(28)26-16-6-10-20(30-23(24)25)18(13-16)15-4-7-17(29-2)8-5-15/h3-8,10-11,13,23H,9,12H2,1-2H3,(H,26,28). The summed E-state index contributed by atoms with van der Waals surface area (Å²) >= 11 is 1.39. The Hall–Kier alpha value is -3.26. The molecule has 1 aromatic heterocycles. The molecule has 3 rings (SSSR count). The van der Waals surface area contributed by atoms with Crippen LogP contribution in [0.15, 0.2) is 54.6 Å². The van der Waals surface area contributed by atoms with Crippen molar-refractivity contribution in [2.75, 3.05) is 12.4 Å². The van der Waals surface area contributed by atoms with Crippen molar-refractivity contribution in [1.29, 1.82) is 0 Å². The minimum Gasteiger partial charge on any atom is -0.497 e. The molecule has 2 aromatic carbocycles. The van der Waals surface area contributed by atoms with Gasteiger partial charge in [0.2, 0.25) is 5.91 Å². The highest BCUT2D eigenvalue weighted by Gasteiger charge is 2.15. The van der Waals surface area contributed by atoms with Gasteiger partial charge in [-0.05, 0) is 55.0 Å². The van der Waals surface area contributed by atoms with Gasteiger partial charge in [0.15, 0.2) is 5.78 Å². The van der Waals surface area contributed by atoms with E-state index in [0.717, 1.165) is 4.88 Å². The first-order chi connectivity index (χ1) is 14.9. The molecule has 0 spiro atoms. The summed E-state index contributed by atoms with van der Waals surface area (Å²) in [6.45, 7) is -1.07. The number of amides is 1. The number of anilines is 1. The number of nitrogens with one attached hydrogen (secondary N) is 1. The van der Waals surface area contributed by atoms with Crippen LogP contribution < -0.4 is 14.8 Å². The van der Waals surface area contributed by atoms with Crippen LogP contribution in [0.1, 0.15) is 27.4 Å². The molecule has 8 heteroatoms. The average Bonchev–Trinajstić information content (AvgIpc) is 3.19. The van der Waals surface area contributed by atoms with Gasteiger partial charge >= 0.3 is 6.61 Å². The van der Waals surface area contributed by atoms with Gasteiger partial charge in [0.1, 0.15) is 11.5 Å². The van der Waals surface area contributed by atoms with Gasteiger partial charge in [-0.1, -0.05) is 12.1 Å². The Kier molecular flexibility index (Phi) is 7.36. The highest BCUT2D eigenvalue weighted by molar-refractivity contribution is 7.14. The molecule has 0 aliphatic heterocycles. The molecule has 31 heavy (non-hydrogen) atoms. The van der Waals surface area contributed by atoms with Crippen molar-refractivity contribution >= 4 is 28.7 Å². The topological polar surface area (TPSA) is 64.6 Å². The Labute approximate surface area is 182 Å². The van der Waals surface area contributed by atoms with Crippen LogP contribution in [0.4, 0.5) is 14.5 Å². The van der Waals surface area contributed by atoms with Gasteiger partial charge in [-0.25, -0.2) is 0 Å². The maximum absolute atomic E-state index is 12.8. The van der Waals surface area contributed by atoms with Crippen LogP contribution in [-0.2, 0) is 4.79 Å². The van der Waals surface area contributed by atoms with Crippen molar-refractivity contribution in [2.45, 2.75) is 26.4 Å². The molecule has 0 saturated carbocycles. The second-order valence-electron chi connectivity index (χ2n) is 6.70. The number of benzene rings is 2. The van der Waals surface area contributed by atoms with E-state index in [2.05, 4.69) is 10.1 Å². The number of methoxy groups -OCH3 is 1. The lowest BCUT2D eigenvalue weighted by Crippen LogP contribution is -2.13. The molecule has 0 aliphatic rings. The third kappa shape index (κ3) is 6.11. The number of Topliss-reactive ketones (excluding diaryl/α,β-unsaturated/α-hetero) is 1. The number of aryl methyl sites for hydroxylation is 1. The van der Waals surface area contributed by atoms with Crippen molar-refractivity contribution < 1.29 is 27.8 Å². The average molecular weight is 445 g/mol. The van der Waals surface area contributed by atoms with Gasteiger partial charge in [-0.3, -0.25) is 9.59 Å². The lowest BCUT2D eigenvalue weighted by Gasteiger charge is -2.14. The van der Waals surface area contributed by atoms with Gasteiger partial charge < -0.3 is 14.8 Å². The molecule has 1 amide bonds. The predicted molar refractivity (Wildman–Crippen MR) is 116 cm³/mol. The van der Waals surface area contributed by atoms with Crippen molar-refractivity contribution in [3.63, 3.8) is 0 Å². The second-order valence-corrected chi connectivity index (χ2v) is 7.99. The molecule has 0 saturated heterocycles. The number of carbonyl (C=O) groups is 2. The minimum atomic E-state index is -2.98. The fraction of sp³-hybridized carbons (Fsp3) is 0.217. The fourth-order valence-corrected chi connectivity index (χ4v) is 3.80. The summed E-state index contributed by atoms with van der Waals surface area (Å²) in [6.07, 6.45) is 0.104. The number of rotatable bonds is 9. The van der Waals surface area contributed by atoms with Crippen LogP contribution in [0.5, 0.6) is 11.5 Å². The number of ketones is 1. The monoisotopic (exact) mass is 445 g/mol. The molecule has 0 atom stereocenters. The third-order valence-corrected chi connectivity index (χ3v) is 5.52. The number of alkyl halides is 2. The lowest BCUT2D eigenvalue weighted by molar-refractivity contribution is -0.116. The van der Waals surface area contributed by atoms with Crippen molar-refractivity contribution in [2.24, 2.45) is 0 Å². The number of hydrogen-bond acceptors (Lipinski definition) is 5. The Balaban J connectivity index is 1.73. The molecule has 0 fully saturated rings. The van der Waals surface area contributed by atoms with Crippen LogP contribution >= 0.6 is 11.3 Å². The Bertz CT molecular complexity index is 1060. The van der Waals surface area contributed by atoms with E-state index in [1.807, 2.05) is 13.0 Å². The molecular weight excluding hydrogens is 424 g/mol. The predicted octanol–water partition coefficient (Wildman–Crippen LogP) is 5.94. The summed E-state index contributed by atoms with van der Waals surface area (Å²) in [5.74, 6) is 0.175. The van der Waals surface area contributed by atoms with Crippen LogP contribution in [0.3, 0.4) is 0 Å². The normalized spacial score (nSPS) is 10.7. The number of thiophene rings is 1. The fourth-order valence-electron chi connectivity index (χ4n) is 2.96. The number of hydrogen-bond donors (Lipinski definition) is 1. The first-order valence-electron chi connectivity index (χ1n) is 9.48. The highest BCUT2D eigenvalue weighted by atomic mass is 32.1. The Morgan fingerprint density at radius 1 is 1.03 bits per heavy atom. The summed E-state index contributed by atoms with van der Waals surface area (Å²) in [5, 5.41) is 2.71. The van der Waals surface area contributed by atoms with Crippen molar-refractivity contribution in [1.82, 2.24) is 0 Å².